The van der Waals surface area contributed by atoms with Crippen molar-refractivity contribution in [2.24, 2.45) is 0 Å². The average Bonchev–Trinajstić information content (AvgIpc) is 2.34. The number of aromatic nitrogens is 2. The molecule has 0 fully saturated rings. The minimum atomic E-state index is -0.485. The van der Waals surface area contributed by atoms with Crippen LogP contribution >= 0.6 is 0 Å². The molecule has 0 atom stereocenters. The summed E-state index contributed by atoms with van der Waals surface area (Å²) in [7, 11) is 1.67. The van der Waals surface area contributed by atoms with Crippen molar-refractivity contribution in [2.45, 2.75) is 26.2 Å². The lowest BCUT2D eigenvalue weighted by Gasteiger charge is -2.06. The summed E-state index contributed by atoms with van der Waals surface area (Å²) in [4.78, 5) is 18.1. The lowest BCUT2D eigenvalue weighted by molar-refractivity contribution is -0.384. The maximum Gasteiger partial charge on any atom is 0.329 e. The van der Waals surface area contributed by atoms with E-state index in [1.165, 1.54) is 6.20 Å². The van der Waals surface area contributed by atoms with Crippen molar-refractivity contribution < 1.29 is 4.92 Å². The monoisotopic (exact) mass is 239 g/mol. The molecule has 0 aromatic carbocycles. The zero-order valence-corrected chi connectivity index (χ0v) is 10.1. The number of unbranched alkanes of at least 4 members (excludes halogenated alkanes) is 2. The average molecular weight is 239 g/mol. The summed E-state index contributed by atoms with van der Waals surface area (Å²) < 4.78 is 0. The van der Waals surface area contributed by atoms with Crippen molar-refractivity contribution in [1.82, 2.24) is 9.97 Å². The van der Waals surface area contributed by atoms with Gasteiger partial charge in [0.2, 0.25) is 11.8 Å². The zero-order chi connectivity index (χ0) is 12.7. The predicted octanol–water partition coefficient (Wildman–Crippen LogP) is 2.03. The molecule has 7 heteroatoms. The molecule has 0 radical (unpaired) electrons. The summed E-state index contributed by atoms with van der Waals surface area (Å²) in [6.07, 6.45) is 4.37. The van der Waals surface area contributed by atoms with Gasteiger partial charge in [0.1, 0.15) is 6.20 Å². The Morgan fingerprint density at radius 1 is 1.47 bits per heavy atom. The molecule has 0 amide bonds. The Balaban J connectivity index is 2.75. The number of hydrogen-bond donors (Lipinski definition) is 2. The Kier molecular flexibility index (Phi) is 5.12. The molecule has 1 heterocycles. The molecular formula is C10H17N5O2. The van der Waals surface area contributed by atoms with Gasteiger partial charge in [-0.25, -0.2) is 4.98 Å². The molecular weight excluding hydrogens is 222 g/mol. The van der Waals surface area contributed by atoms with Crippen molar-refractivity contribution in [1.29, 1.82) is 0 Å². The third-order valence-electron chi connectivity index (χ3n) is 2.26. The minimum absolute atomic E-state index is 0.0968. The molecule has 0 saturated carbocycles. The van der Waals surface area contributed by atoms with Crippen LogP contribution in [0.2, 0.25) is 0 Å². The Morgan fingerprint density at radius 2 is 2.24 bits per heavy atom. The highest BCUT2D eigenvalue weighted by Crippen LogP contribution is 2.21. The normalized spacial score (nSPS) is 10.0. The molecule has 0 saturated heterocycles. The summed E-state index contributed by atoms with van der Waals surface area (Å²) in [6, 6.07) is 0. The van der Waals surface area contributed by atoms with Gasteiger partial charge in [-0.15, -0.1) is 0 Å². The Labute approximate surface area is 99.8 Å². The lowest BCUT2D eigenvalue weighted by atomic mass is 10.2. The van der Waals surface area contributed by atoms with Gasteiger partial charge in [0.15, 0.2) is 0 Å². The van der Waals surface area contributed by atoms with Crippen molar-refractivity contribution in [3.63, 3.8) is 0 Å². The van der Waals surface area contributed by atoms with Gasteiger partial charge in [0.05, 0.1) is 4.92 Å². The number of nitrogens with zero attached hydrogens (tertiary/aromatic N) is 3. The minimum Gasteiger partial charge on any atom is -0.364 e. The number of anilines is 2. The van der Waals surface area contributed by atoms with Crippen LogP contribution < -0.4 is 10.6 Å². The molecule has 0 aliphatic carbocycles. The molecule has 1 rings (SSSR count). The molecule has 17 heavy (non-hydrogen) atoms. The van der Waals surface area contributed by atoms with Crippen molar-refractivity contribution >= 4 is 17.5 Å². The standard InChI is InChI=1S/C10H17N5O2/c1-3-4-5-6-12-9-8(15(16)17)7-13-10(11-2)14-9/h7H,3-6H2,1-2H3,(H2,11,12,13,14). The van der Waals surface area contributed by atoms with E-state index in [9.17, 15) is 10.1 Å². The van der Waals surface area contributed by atoms with Crippen LogP contribution in [-0.4, -0.2) is 28.5 Å². The molecule has 0 aliphatic rings. The highest BCUT2D eigenvalue weighted by Gasteiger charge is 2.16. The van der Waals surface area contributed by atoms with E-state index in [2.05, 4.69) is 27.5 Å². The highest BCUT2D eigenvalue weighted by atomic mass is 16.6. The molecule has 7 nitrogen and oxygen atoms in total. The maximum absolute atomic E-state index is 10.8. The van der Waals surface area contributed by atoms with Gasteiger partial charge in [-0.05, 0) is 6.42 Å². The van der Waals surface area contributed by atoms with E-state index >= 15 is 0 Å². The molecule has 0 spiro atoms. The zero-order valence-electron chi connectivity index (χ0n) is 10.1. The van der Waals surface area contributed by atoms with Crippen molar-refractivity contribution in [3.8, 4) is 0 Å². The highest BCUT2D eigenvalue weighted by molar-refractivity contribution is 5.56. The van der Waals surface area contributed by atoms with Crippen LogP contribution in [0.5, 0.6) is 0 Å². The number of hydrogen-bond acceptors (Lipinski definition) is 6. The summed E-state index contributed by atoms with van der Waals surface area (Å²) in [5.74, 6) is 0.638. The second kappa shape index (κ2) is 6.62. The van der Waals surface area contributed by atoms with E-state index in [-0.39, 0.29) is 11.5 Å². The van der Waals surface area contributed by atoms with E-state index < -0.39 is 4.92 Å². The number of rotatable bonds is 7. The first-order valence-corrected chi connectivity index (χ1v) is 5.62. The van der Waals surface area contributed by atoms with Gasteiger partial charge < -0.3 is 10.6 Å². The summed E-state index contributed by atoms with van der Waals surface area (Å²) in [5, 5.41) is 16.5. The molecule has 1 aromatic rings. The van der Waals surface area contributed by atoms with E-state index in [0.29, 0.717) is 12.5 Å². The molecule has 1 aromatic heterocycles. The van der Waals surface area contributed by atoms with Gasteiger partial charge >= 0.3 is 5.69 Å². The van der Waals surface area contributed by atoms with E-state index in [1.54, 1.807) is 7.05 Å². The summed E-state index contributed by atoms with van der Waals surface area (Å²) in [6.45, 7) is 2.78. The first-order chi connectivity index (χ1) is 8.19. The van der Waals surface area contributed by atoms with Crippen LogP contribution in [0.15, 0.2) is 6.20 Å². The molecule has 2 N–H and O–H groups in total. The first kappa shape index (κ1) is 13.1. The van der Waals surface area contributed by atoms with E-state index in [1.807, 2.05) is 0 Å². The van der Waals surface area contributed by atoms with Crippen LogP contribution in [0, 0.1) is 10.1 Å². The molecule has 94 valence electrons. The van der Waals surface area contributed by atoms with Crippen LogP contribution in [0.1, 0.15) is 26.2 Å². The molecule has 0 unspecified atom stereocenters. The van der Waals surface area contributed by atoms with Crippen LogP contribution in [0.25, 0.3) is 0 Å². The smallest absolute Gasteiger partial charge is 0.329 e. The first-order valence-electron chi connectivity index (χ1n) is 5.62. The van der Waals surface area contributed by atoms with Gasteiger partial charge in [-0.3, -0.25) is 10.1 Å². The molecule has 0 bridgehead atoms. The predicted molar refractivity (Wildman–Crippen MR) is 66.2 cm³/mol. The SMILES string of the molecule is CCCCCNc1nc(NC)ncc1[N+](=O)[O-]. The fraction of sp³-hybridized carbons (Fsp3) is 0.600. The van der Waals surface area contributed by atoms with Gasteiger partial charge in [0.25, 0.3) is 0 Å². The van der Waals surface area contributed by atoms with Gasteiger partial charge in [-0.1, -0.05) is 19.8 Å². The fourth-order valence-corrected chi connectivity index (χ4v) is 1.34. The van der Waals surface area contributed by atoms with Gasteiger partial charge in [-0.2, -0.15) is 4.98 Å². The summed E-state index contributed by atoms with van der Waals surface area (Å²) in [5.41, 5.74) is -0.0968. The van der Waals surface area contributed by atoms with Gasteiger partial charge in [0, 0.05) is 13.6 Å². The number of nitro groups is 1. The molecule has 0 aliphatic heterocycles. The second-order valence-electron chi connectivity index (χ2n) is 3.57. The van der Waals surface area contributed by atoms with Crippen LogP contribution in [0.3, 0.4) is 0 Å². The Morgan fingerprint density at radius 3 is 2.82 bits per heavy atom. The maximum atomic E-state index is 10.8. The third-order valence-corrected chi connectivity index (χ3v) is 2.26. The Hall–Kier alpha value is -1.92. The lowest BCUT2D eigenvalue weighted by Crippen LogP contribution is -2.08. The Bertz CT molecular complexity index is 383. The van der Waals surface area contributed by atoms with Crippen LogP contribution in [-0.2, 0) is 0 Å². The quantitative estimate of drug-likeness (QED) is 0.429. The van der Waals surface area contributed by atoms with Crippen molar-refractivity contribution in [3.05, 3.63) is 16.3 Å². The number of nitrogens with one attached hydrogen (secondary N) is 2. The fourth-order valence-electron chi connectivity index (χ4n) is 1.34. The van der Waals surface area contributed by atoms with E-state index in [0.717, 1.165) is 19.3 Å². The van der Waals surface area contributed by atoms with Crippen molar-refractivity contribution in [2.75, 3.05) is 24.2 Å². The van der Waals surface area contributed by atoms with E-state index in [4.69, 9.17) is 0 Å². The van der Waals surface area contributed by atoms with Crippen LogP contribution in [0.4, 0.5) is 17.5 Å². The topological polar surface area (TPSA) is 93.0 Å². The summed E-state index contributed by atoms with van der Waals surface area (Å²) >= 11 is 0. The third kappa shape index (κ3) is 3.86. The largest absolute Gasteiger partial charge is 0.364 e. The second-order valence-corrected chi connectivity index (χ2v) is 3.57.